The Kier molecular flexibility index (Phi) is 4.92. The predicted octanol–water partition coefficient (Wildman–Crippen LogP) is 3.21. The second kappa shape index (κ2) is 6.89. The lowest BCUT2D eigenvalue weighted by Gasteiger charge is -2.07. The summed E-state index contributed by atoms with van der Waals surface area (Å²) in [5.41, 5.74) is 1.20. The maximum Gasteiger partial charge on any atom is 0.320 e. The third-order valence-electron chi connectivity index (χ3n) is 2.51. The number of benzene rings is 1. The number of hydrogen-bond donors (Lipinski definition) is 2. The van der Waals surface area contributed by atoms with Crippen molar-refractivity contribution in [3.8, 4) is 0 Å². The van der Waals surface area contributed by atoms with Crippen LogP contribution in [0.25, 0.3) is 0 Å². The van der Waals surface area contributed by atoms with E-state index >= 15 is 0 Å². The van der Waals surface area contributed by atoms with Crippen LogP contribution in [0.15, 0.2) is 53.1 Å². The first-order valence-corrected chi connectivity index (χ1v) is 6.74. The molecule has 0 spiro atoms. The number of anilines is 1. The van der Waals surface area contributed by atoms with Gasteiger partial charge in [0.25, 0.3) is 0 Å². The van der Waals surface area contributed by atoms with Gasteiger partial charge in [0, 0.05) is 17.2 Å². The lowest BCUT2D eigenvalue weighted by atomic mass is 10.1. The van der Waals surface area contributed by atoms with Gasteiger partial charge in [-0.25, -0.2) is 9.78 Å². The predicted molar refractivity (Wildman–Crippen MR) is 79.1 cm³/mol. The summed E-state index contributed by atoms with van der Waals surface area (Å²) in [7, 11) is 0. The highest BCUT2D eigenvalue weighted by Gasteiger charge is 2.01. The molecule has 0 unspecified atom stereocenters. The molecule has 0 aliphatic heterocycles. The van der Waals surface area contributed by atoms with E-state index in [0.717, 1.165) is 10.9 Å². The second-order valence-corrected chi connectivity index (χ2v) is 4.89. The van der Waals surface area contributed by atoms with E-state index in [9.17, 15) is 4.79 Å². The number of hydrogen-bond acceptors (Lipinski definition) is 2. The zero-order valence-electron chi connectivity index (χ0n) is 10.3. The van der Waals surface area contributed by atoms with Gasteiger partial charge in [-0.05, 0) is 40.0 Å². The van der Waals surface area contributed by atoms with Crippen LogP contribution in [0.2, 0.25) is 0 Å². The summed E-state index contributed by atoms with van der Waals surface area (Å²) in [6, 6.07) is 13.3. The standard InChI is InChI=1S/C14H14BrN3O/c15-12-6-7-13(17-10-12)18-14(19)16-9-8-11-4-2-1-3-5-11/h1-7,10H,8-9H2,(H2,16,17,18,19). The van der Waals surface area contributed by atoms with Crippen molar-refractivity contribution < 1.29 is 4.79 Å². The van der Waals surface area contributed by atoms with Gasteiger partial charge in [-0.2, -0.15) is 0 Å². The molecule has 1 aromatic carbocycles. The highest BCUT2D eigenvalue weighted by Crippen LogP contribution is 2.10. The molecule has 98 valence electrons. The molecule has 19 heavy (non-hydrogen) atoms. The molecule has 0 bridgehead atoms. The molecule has 0 saturated heterocycles. The number of carbonyl (C=O) groups excluding carboxylic acids is 1. The molecular formula is C14H14BrN3O. The van der Waals surface area contributed by atoms with Crippen molar-refractivity contribution in [1.29, 1.82) is 0 Å². The van der Waals surface area contributed by atoms with Gasteiger partial charge < -0.3 is 5.32 Å². The zero-order valence-corrected chi connectivity index (χ0v) is 11.9. The van der Waals surface area contributed by atoms with Crippen LogP contribution in [0.1, 0.15) is 5.56 Å². The quantitative estimate of drug-likeness (QED) is 0.909. The maximum absolute atomic E-state index is 11.6. The van der Waals surface area contributed by atoms with E-state index in [-0.39, 0.29) is 6.03 Å². The van der Waals surface area contributed by atoms with Gasteiger partial charge in [0.05, 0.1) is 0 Å². The molecule has 0 aliphatic rings. The van der Waals surface area contributed by atoms with Crippen molar-refractivity contribution in [2.24, 2.45) is 0 Å². The van der Waals surface area contributed by atoms with Gasteiger partial charge in [-0.3, -0.25) is 5.32 Å². The van der Waals surface area contributed by atoms with Crippen LogP contribution in [-0.2, 0) is 6.42 Å². The van der Waals surface area contributed by atoms with Gasteiger partial charge in [-0.15, -0.1) is 0 Å². The van der Waals surface area contributed by atoms with Gasteiger partial charge >= 0.3 is 6.03 Å². The molecule has 0 radical (unpaired) electrons. The van der Waals surface area contributed by atoms with Gasteiger partial charge in [0.15, 0.2) is 0 Å². The Hall–Kier alpha value is -1.88. The first kappa shape index (κ1) is 13.5. The number of aromatic nitrogens is 1. The Morgan fingerprint density at radius 3 is 2.63 bits per heavy atom. The number of urea groups is 1. The SMILES string of the molecule is O=C(NCCc1ccccc1)Nc1ccc(Br)cn1. The minimum atomic E-state index is -0.245. The first-order chi connectivity index (χ1) is 9.24. The van der Waals surface area contributed by atoms with Crippen LogP contribution in [0.4, 0.5) is 10.6 Å². The monoisotopic (exact) mass is 319 g/mol. The molecule has 4 nitrogen and oxygen atoms in total. The number of amides is 2. The number of pyridine rings is 1. The van der Waals surface area contributed by atoms with Crippen molar-refractivity contribution in [2.45, 2.75) is 6.42 Å². The van der Waals surface area contributed by atoms with Crippen molar-refractivity contribution in [1.82, 2.24) is 10.3 Å². The summed E-state index contributed by atoms with van der Waals surface area (Å²) in [6.45, 7) is 0.590. The van der Waals surface area contributed by atoms with Gasteiger partial charge in [0.1, 0.15) is 5.82 Å². The molecule has 2 aromatic rings. The van der Waals surface area contributed by atoms with E-state index in [1.165, 1.54) is 5.56 Å². The topological polar surface area (TPSA) is 54.0 Å². The number of nitrogens with zero attached hydrogens (tertiary/aromatic N) is 1. The van der Waals surface area contributed by atoms with E-state index in [2.05, 4.69) is 31.5 Å². The molecule has 0 atom stereocenters. The van der Waals surface area contributed by atoms with Crippen molar-refractivity contribution >= 4 is 27.8 Å². The fourth-order valence-corrected chi connectivity index (χ4v) is 1.81. The molecular weight excluding hydrogens is 306 g/mol. The molecule has 0 fully saturated rings. The Bertz CT molecular complexity index is 528. The van der Waals surface area contributed by atoms with Crippen LogP contribution in [0.5, 0.6) is 0 Å². The van der Waals surface area contributed by atoms with E-state index in [1.807, 2.05) is 36.4 Å². The van der Waals surface area contributed by atoms with Crippen LogP contribution in [0, 0.1) is 0 Å². The number of rotatable bonds is 4. The fraction of sp³-hybridized carbons (Fsp3) is 0.143. The van der Waals surface area contributed by atoms with Gasteiger partial charge in [0.2, 0.25) is 0 Å². The first-order valence-electron chi connectivity index (χ1n) is 5.94. The maximum atomic E-state index is 11.6. The molecule has 5 heteroatoms. The summed E-state index contributed by atoms with van der Waals surface area (Å²) in [5, 5.41) is 5.47. The largest absolute Gasteiger partial charge is 0.337 e. The Balaban J connectivity index is 1.74. The Morgan fingerprint density at radius 1 is 1.16 bits per heavy atom. The summed E-state index contributed by atoms with van der Waals surface area (Å²) in [4.78, 5) is 15.7. The summed E-state index contributed by atoms with van der Waals surface area (Å²) < 4.78 is 0.877. The van der Waals surface area contributed by atoms with Crippen LogP contribution < -0.4 is 10.6 Å². The van der Waals surface area contributed by atoms with Crippen LogP contribution >= 0.6 is 15.9 Å². The average molecular weight is 320 g/mol. The number of carbonyl (C=O) groups is 1. The number of nitrogens with one attached hydrogen (secondary N) is 2. The fourth-order valence-electron chi connectivity index (χ4n) is 1.58. The Morgan fingerprint density at radius 2 is 1.95 bits per heavy atom. The third-order valence-corrected chi connectivity index (χ3v) is 2.98. The van der Waals surface area contributed by atoms with E-state index in [4.69, 9.17) is 0 Å². The molecule has 0 saturated carbocycles. The third kappa shape index (κ3) is 4.71. The average Bonchev–Trinajstić information content (AvgIpc) is 2.43. The lowest BCUT2D eigenvalue weighted by molar-refractivity contribution is 0.252. The van der Waals surface area contributed by atoms with Crippen molar-refractivity contribution in [3.63, 3.8) is 0 Å². The molecule has 2 rings (SSSR count). The van der Waals surface area contributed by atoms with Gasteiger partial charge in [-0.1, -0.05) is 30.3 Å². The highest BCUT2D eigenvalue weighted by molar-refractivity contribution is 9.10. The summed E-state index contributed by atoms with van der Waals surface area (Å²) >= 11 is 3.29. The molecule has 1 aromatic heterocycles. The van der Waals surface area contributed by atoms with Crippen LogP contribution in [-0.4, -0.2) is 17.6 Å². The zero-order chi connectivity index (χ0) is 13.5. The second-order valence-electron chi connectivity index (χ2n) is 3.98. The molecule has 2 amide bonds. The minimum Gasteiger partial charge on any atom is -0.337 e. The van der Waals surface area contributed by atoms with E-state index in [1.54, 1.807) is 12.3 Å². The lowest BCUT2D eigenvalue weighted by Crippen LogP contribution is -2.30. The van der Waals surface area contributed by atoms with E-state index < -0.39 is 0 Å². The molecule has 1 heterocycles. The normalized spacial score (nSPS) is 9.95. The van der Waals surface area contributed by atoms with Crippen molar-refractivity contribution in [3.05, 3.63) is 58.7 Å². The highest BCUT2D eigenvalue weighted by atomic mass is 79.9. The molecule has 0 aliphatic carbocycles. The summed E-state index contributed by atoms with van der Waals surface area (Å²) in [6.07, 6.45) is 2.45. The van der Waals surface area contributed by atoms with E-state index in [0.29, 0.717) is 12.4 Å². The smallest absolute Gasteiger partial charge is 0.320 e. The van der Waals surface area contributed by atoms with Crippen LogP contribution in [0.3, 0.4) is 0 Å². The number of halogens is 1. The Labute approximate surface area is 120 Å². The molecule has 2 N–H and O–H groups in total. The van der Waals surface area contributed by atoms with Crippen molar-refractivity contribution in [2.75, 3.05) is 11.9 Å². The minimum absolute atomic E-state index is 0.245. The summed E-state index contributed by atoms with van der Waals surface area (Å²) in [5.74, 6) is 0.528.